The van der Waals surface area contributed by atoms with E-state index < -0.39 is 11.9 Å². The topological polar surface area (TPSA) is 100 Å². The molecule has 0 saturated carbocycles. The van der Waals surface area contributed by atoms with Crippen LogP contribution in [-0.2, 0) is 19.1 Å². The Balaban J connectivity index is 3.25. The molecule has 0 aromatic rings. The van der Waals surface area contributed by atoms with E-state index in [1.54, 1.807) is 12.1 Å². The van der Waals surface area contributed by atoms with Crippen molar-refractivity contribution in [2.45, 2.75) is 32.1 Å². The van der Waals surface area contributed by atoms with Gasteiger partial charge in [0.2, 0.25) is 0 Å². The Labute approximate surface area is 99.7 Å². The zero-order chi connectivity index (χ0) is 12.9. The second-order valence-electron chi connectivity index (χ2n) is 3.17. The summed E-state index contributed by atoms with van der Waals surface area (Å²) in [5.74, 6) is -1.04. The summed E-state index contributed by atoms with van der Waals surface area (Å²) in [6.45, 7) is 0.541. The average molecular weight is 238 g/mol. The van der Waals surface area contributed by atoms with Crippen LogP contribution in [-0.4, -0.2) is 25.2 Å². The van der Waals surface area contributed by atoms with Crippen LogP contribution in [0.25, 0.3) is 0 Å². The largest absolute Gasteiger partial charge is 0.465 e. The normalized spacial score (nSPS) is 8.82. The van der Waals surface area contributed by atoms with Crippen molar-refractivity contribution in [1.82, 2.24) is 0 Å². The number of ether oxygens (including phenoxy) is 2. The number of unbranched alkanes of at least 4 members (excludes halogenated alkanes) is 2. The molecule has 92 valence electrons. The van der Waals surface area contributed by atoms with Gasteiger partial charge in [0, 0.05) is 0 Å². The van der Waals surface area contributed by atoms with Gasteiger partial charge in [-0.05, 0) is 19.3 Å². The number of carbonyl (C=O) groups is 2. The van der Waals surface area contributed by atoms with Crippen LogP contribution in [0.15, 0.2) is 0 Å². The molecule has 6 heteroatoms. The number of hydrogen-bond acceptors (Lipinski definition) is 6. The van der Waals surface area contributed by atoms with Crippen LogP contribution in [0.3, 0.4) is 0 Å². The Morgan fingerprint density at radius 1 is 0.824 bits per heavy atom. The highest BCUT2D eigenvalue weighted by molar-refractivity contribution is 5.72. The lowest BCUT2D eigenvalue weighted by atomic mass is 10.2. The fraction of sp³-hybridized carbons (Fsp3) is 0.636. The number of carbonyl (C=O) groups excluding carboxylic acids is 2. The first-order valence-electron chi connectivity index (χ1n) is 5.26. The van der Waals surface area contributed by atoms with E-state index in [0.29, 0.717) is 12.8 Å². The molecule has 0 radical (unpaired) electrons. The molecular formula is C11H14N2O4. The predicted molar refractivity (Wildman–Crippen MR) is 56.2 cm³/mol. The third kappa shape index (κ3) is 10.2. The van der Waals surface area contributed by atoms with Gasteiger partial charge in [-0.1, -0.05) is 0 Å². The van der Waals surface area contributed by atoms with Gasteiger partial charge >= 0.3 is 11.9 Å². The number of hydrogen-bond donors (Lipinski definition) is 0. The first-order valence-corrected chi connectivity index (χ1v) is 5.26. The number of nitriles is 2. The van der Waals surface area contributed by atoms with Crippen molar-refractivity contribution in [1.29, 1.82) is 10.5 Å². The molecular weight excluding hydrogens is 224 g/mol. The second-order valence-corrected chi connectivity index (χ2v) is 3.17. The molecule has 0 unspecified atom stereocenters. The fourth-order valence-electron chi connectivity index (χ4n) is 0.984. The van der Waals surface area contributed by atoms with E-state index in [0.717, 1.165) is 6.42 Å². The molecule has 0 saturated heterocycles. The van der Waals surface area contributed by atoms with Gasteiger partial charge in [0.1, 0.15) is 12.8 Å². The lowest BCUT2D eigenvalue weighted by Gasteiger charge is -2.03. The third-order valence-electron chi connectivity index (χ3n) is 1.76. The van der Waals surface area contributed by atoms with Crippen LogP contribution in [0.4, 0.5) is 0 Å². The summed E-state index contributed by atoms with van der Waals surface area (Å²) in [5.41, 5.74) is 0. The smallest absolute Gasteiger partial charge is 0.320 e. The van der Waals surface area contributed by atoms with Crippen molar-refractivity contribution in [3.05, 3.63) is 0 Å². The van der Waals surface area contributed by atoms with Crippen molar-refractivity contribution in [3.63, 3.8) is 0 Å². The van der Waals surface area contributed by atoms with Crippen LogP contribution in [0.2, 0.25) is 0 Å². The molecule has 0 fully saturated rings. The van der Waals surface area contributed by atoms with Gasteiger partial charge in [-0.2, -0.15) is 10.5 Å². The zero-order valence-electron chi connectivity index (χ0n) is 9.48. The van der Waals surface area contributed by atoms with E-state index in [1.807, 2.05) is 0 Å². The highest BCUT2D eigenvalue weighted by atomic mass is 16.5. The molecule has 0 aliphatic heterocycles. The van der Waals surface area contributed by atoms with Gasteiger partial charge in [0.05, 0.1) is 25.4 Å². The second kappa shape index (κ2) is 10.4. The minimum atomic E-state index is -0.520. The van der Waals surface area contributed by atoms with Crippen molar-refractivity contribution in [3.8, 4) is 12.1 Å². The van der Waals surface area contributed by atoms with E-state index in [4.69, 9.17) is 20.0 Å². The monoisotopic (exact) mass is 238 g/mol. The van der Waals surface area contributed by atoms with Crippen molar-refractivity contribution >= 4 is 11.9 Å². The Kier molecular flexibility index (Phi) is 9.16. The van der Waals surface area contributed by atoms with E-state index in [-0.39, 0.29) is 26.1 Å². The Bertz CT molecular complexity index is 295. The van der Waals surface area contributed by atoms with Crippen LogP contribution in [0.1, 0.15) is 32.1 Å². The number of rotatable bonds is 8. The van der Waals surface area contributed by atoms with Gasteiger partial charge < -0.3 is 9.47 Å². The predicted octanol–water partition coefficient (Wildman–Crippen LogP) is 1.07. The molecule has 17 heavy (non-hydrogen) atoms. The molecule has 0 heterocycles. The van der Waals surface area contributed by atoms with Crippen LogP contribution < -0.4 is 0 Å². The lowest BCUT2D eigenvalue weighted by Crippen LogP contribution is -2.06. The summed E-state index contributed by atoms with van der Waals surface area (Å²) in [4.78, 5) is 21.5. The fourth-order valence-corrected chi connectivity index (χ4v) is 0.984. The van der Waals surface area contributed by atoms with Crippen molar-refractivity contribution < 1.29 is 19.1 Å². The highest BCUT2D eigenvalue weighted by Crippen LogP contribution is 1.98. The van der Waals surface area contributed by atoms with E-state index in [1.165, 1.54) is 0 Å². The SMILES string of the molecule is N#CCC(=O)OCCCCCOC(=O)CC#N. The summed E-state index contributed by atoms with van der Waals surface area (Å²) in [7, 11) is 0. The molecule has 0 amide bonds. The molecule has 0 N–H and O–H groups in total. The van der Waals surface area contributed by atoms with Crippen LogP contribution >= 0.6 is 0 Å². The van der Waals surface area contributed by atoms with E-state index >= 15 is 0 Å². The average Bonchev–Trinajstić information content (AvgIpc) is 2.28. The summed E-state index contributed by atoms with van der Waals surface area (Å²) in [6.07, 6.45) is 1.61. The maximum Gasteiger partial charge on any atom is 0.320 e. The molecule has 0 aliphatic rings. The zero-order valence-corrected chi connectivity index (χ0v) is 9.48. The molecule has 0 bridgehead atoms. The van der Waals surface area contributed by atoms with Gasteiger partial charge in [-0.3, -0.25) is 9.59 Å². The molecule has 0 aromatic carbocycles. The number of esters is 2. The minimum Gasteiger partial charge on any atom is -0.465 e. The quantitative estimate of drug-likeness (QED) is 0.463. The summed E-state index contributed by atoms with van der Waals surface area (Å²) >= 11 is 0. The maximum atomic E-state index is 10.7. The first kappa shape index (κ1) is 14.9. The molecule has 0 atom stereocenters. The van der Waals surface area contributed by atoms with Gasteiger partial charge in [-0.25, -0.2) is 0 Å². The van der Waals surface area contributed by atoms with Crippen molar-refractivity contribution in [2.75, 3.05) is 13.2 Å². The highest BCUT2D eigenvalue weighted by Gasteiger charge is 2.02. The molecule has 0 rings (SSSR count). The molecule has 6 nitrogen and oxygen atoms in total. The van der Waals surface area contributed by atoms with Gasteiger partial charge in [0.15, 0.2) is 0 Å². The van der Waals surface area contributed by atoms with Gasteiger partial charge in [-0.15, -0.1) is 0 Å². The summed E-state index contributed by atoms with van der Waals surface area (Å²) in [5, 5.41) is 16.4. The number of nitrogens with zero attached hydrogens (tertiary/aromatic N) is 2. The Hall–Kier alpha value is -2.08. The molecule has 0 aliphatic carbocycles. The Morgan fingerprint density at radius 2 is 1.24 bits per heavy atom. The maximum absolute atomic E-state index is 10.7. The Morgan fingerprint density at radius 3 is 1.59 bits per heavy atom. The van der Waals surface area contributed by atoms with Gasteiger partial charge in [0.25, 0.3) is 0 Å². The van der Waals surface area contributed by atoms with Crippen molar-refractivity contribution in [2.24, 2.45) is 0 Å². The van der Waals surface area contributed by atoms with E-state index in [2.05, 4.69) is 0 Å². The van der Waals surface area contributed by atoms with E-state index in [9.17, 15) is 9.59 Å². The summed E-state index contributed by atoms with van der Waals surface area (Å²) < 4.78 is 9.47. The molecule has 0 spiro atoms. The summed E-state index contributed by atoms with van der Waals surface area (Å²) in [6, 6.07) is 3.39. The van der Waals surface area contributed by atoms with Crippen LogP contribution in [0, 0.1) is 22.7 Å². The standard InChI is InChI=1S/C11H14N2O4/c12-6-4-10(14)16-8-2-1-3-9-17-11(15)5-7-13/h1-5,8-9H2. The third-order valence-corrected chi connectivity index (χ3v) is 1.76. The van der Waals surface area contributed by atoms with Crippen LogP contribution in [0.5, 0.6) is 0 Å². The molecule has 0 aromatic heterocycles. The first-order chi connectivity index (χ1) is 8.20. The lowest BCUT2D eigenvalue weighted by molar-refractivity contribution is -0.142. The minimum absolute atomic E-state index is 0.230.